The number of rotatable bonds is 6. The second-order valence-corrected chi connectivity index (χ2v) is 3.90. The molecule has 3 N–H and O–H groups in total. The average molecular weight is 214 g/mol. The smallest absolute Gasteiger partial charge is 0.319 e. The van der Waals surface area contributed by atoms with E-state index in [4.69, 9.17) is 10.5 Å². The molecule has 86 valence electrons. The zero-order valence-electron chi connectivity index (χ0n) is 8.83. The minimum absolute atomic E-state index is 0.0124. The number of hydrogen-bond donors (Lipinski definition) is 2. The predicted octanol–water partition coefficient (Wildman–Crippen LogP) is -0.205. The van der Waals surface area contributed by atoms with Crippen LogP contribution in [0.2, 0.25) is 0 Å². The Morgan fingerprint density at radius 1 is 1.27 bits per heavy atom. The minimum Gasteiger partial charge on any atom is -0.464 e. The molecule has 1 aliphatic carbocycles. The van der Waals surface area contributed by atoms with Crippen LogP contribution in [-0.4, -0.2) is 31.6 Å². The highest BCUT2D eigenvalue weighted by Gasteiger charge is 2.16. The number of nitrogens with two attached hydrogens (primary N) is 1. The summed E-state index contributed by atoms with van der Waals surface area (Å²) in [4.78, 5) is 21.5. The Morgan fingerprint density at radius 2 is 1.93 bits per heavy atom. The molecular weight excluding hydrogens is 196 g/mol. The van der Waals surface area contributed by atoms with Gasteiger partial charge in [-0.05, 0) is 18.8 Å². The number of carbonyl (C=O) groups is 2. The van der Waals surface area contributed by atoms with Crippen molar-refractivity contribution in [1.82, 2.24) is 5.32 Å². The Balaban J connectivity index is 2.00. The standard InChI is InChI=1S/C10H18N2O3/c11-9(13)5-12-6-10(14)15-7-8-3-1-2-4-8/h8,12H,1-7H2,(H2,11,13). The fourth-order valence-corrected chi connectivity index (χ4v) is 1.73. The third kappa shape index (κ3) is 5.37. The third-order valence-corrected chi connectivity index (χ3v) is 2.52. The van der Waals surface area contributed by atoms with Crippen molar-refractivity contribution in [2.24, 2.45) is 11.7 Å². The lowest BCUT2D eigenvalue weighted by Gasteiger charge is -2.09. The topological polar surface area (TPSA) is 81.4 Å². The van der Waals surface area contributed by atoms with E-state index in [-0.39, 0.29) is 19.1 Å². The average Bonchev–Trinajstić information content (AvgIpc) is 2.66. The number of carbonyl (C=O) groups excluding carboxylic acids is 2. The molecule has 15 heavy (non-hydrogen) atoms. The molecule has 0 bridgehead atoms. The molecule has 1 aliphatic rings. The molecule has 0 aliphatic heterocycles. The first kappa shape index (κ1) is 12.0. The Labute approximate surface area is 89.3 Å². The van der Waals surface area contributed by atoms with Crippen molar-refractivity contribution < 1.29 is 14.3 Å². The van der Waals surface area contributed by atoms with Gasteiger partial charge in [0.2, 0.25) is 5.91 Å². The van der Waals surface area contributed by atoms with Crippen LogP contribution in [0.15, 0.2) is 0 Å². The molecule has 1 rings (SSSR count). The van der Waals surface area contributed by atoms with Crippen molar-refractivity contribution >= 4 is 11.9 Å². The molecule has 0 saturated heterocycles. The minimum atomic E-state index is -0.474. The van der Waals surface area contributed by atoms with Crippen molar-refractivity contribution in [3.63, 3.8) is 0 Å². The van der Waals surface area contributed by atoms with Crippen molar-refractivity contribution in [1.29, 1.82) is 0 Å². The Hall–Kier alpha value is -1.10. The summed E-state index contributed by atoms with van der Waals surface area (Å²) in [7, 11) is 0. The van der Waals surface area contributed by atoms with Gasteiger partial charge in [-0.15, -0.1) is 0 Å². The summed E-state index contributed by atoms with van der Waals surface area (Å²) in [6, 6.07) is 0. The maximum Gasteiger partial charge on any atom is 0.319 e. The van der Waals surface area contributed by atoms with E-state index >= 15 is 0 Å². The molecule has 0 aromatic carbocycles. The van der Waals surface area contributed by atoms with Crippen molar-refractivity contribution in [2.45, 2.75) is 25.7 Å². The van der Waals surface area contributed by atoms with E-state index in [1.54, 1.807) is 0 Å². The molecular formula is C10H18N2O3. The summed E-state index contributed by atoms with van der Waals surface area (Å²) in [6.45, 7) is 0.575. The summed E-state index contributed by atoms with van der Waals surface area (Å²) < 4.78 is 5.05. The number of amides is 1. The Morgan fingerprint density at radius 3 is 2.53 bits per heavy atom. The normalized spacial score (nSPS) is 16.5. The third-order valence-electron chi connectivity index (χ3n) is 2.52. The lowest BCUT2D eigenvalue weighted by Crippen LogP contribution is -2.33. The fourth-order valence-electron chi connectivity index (χ4n) is 1.73. The van der Waals surface area contributed by atoms with Crippen molar-refractivity contribution in [3.8, 4) is 0 Å². The summed E-state index contributed by atoms with van der Waals surface area (Å²) in [6.07, 6.45) is 4.79. The van der Waals surface area contributed by atoms with Crippen LogP contribution in [0.1, 0.15) is 25.7 Å². The molecule has 1 amide bonds. The molecule has 1 fully saturated rings. The Kier molecular flexibility index (Phi) is 5.10. The van der Waals surface area contributed by atoms with Crippen LogP contribution in [0.4, 0.5) is 0 Å². The molecule has 0 aromatic heterocycles. The van der Waals surface area contributed by atoms with E-state index in [2.05, 4.69) is 5.32 Å². The number of nitrogens with one attached hydrogen (secondary N) is 1. The Bertz CT molecular complexity index is 225. The summed E-state index contributed by atoms with van der Waals surface area (Å²) in [5.41, 5.74) is 4.90. The molecule has 0 unspecified atom stereocenters. The van der Waals surface area contributed by atoms with E-state index in [0.29, 0.717) is 12.5 Å². The van der Waals surface area contributed by atoms with Crippen molar-refractivity contribution in [3.05, 3.63) is 0 Å². The molecule has 5 heteroatoms. The summed E-state index contributed by atoms with van der Waals surface area (Å²) in [5, 5.41) is 2.61. The molecule has 0 atom stereocenters. The van der Waals surface area contributed by atoms with E-state index in [1.165, 1.54) is 12.8 Å². The van der Waals surface area contributed by atoms with Gasteiger partial charge < -0.3 is 10.5 Å². The molecule has 0 aromatic rings. The first-order chi connectivity index (χ1) is 7.18. The summed E-state index contributed by atoms with van der Waals surface area (Å²) >= 11 is 0. The highest BCUT2D eigenvalue weighted by molar-refractivity contribution is 5.77. The van der Waals surface area contributed by atoms with E-state index in [9.17, 15) is 9.59 Å². The molecule has 5 nitrogen and oxygen atoms in total. The van der Waals surface area contributed by atoms with Gasteiger partial charge in [0.25, 0.3) is 0 Å². The predicted molar refractivity (Wildman–Crippen MR) is 55.0 cm³/mol. The fraction of sp³-hybridized carbons (Fsp3) is 0.800. The van der Waals surface area contributed by atoms with Gasteiger partial charge in [0.1, 0.15) is 0 Å². The van der Waals surface area contributed by atoms with E-state index in [1.807, 2.05) is 0 Å². The van der Waals surface area contributed by atoms with Gasteiger partial charge in [-0.2, -0.15) is 0 Å². The highest BCUT2D eigenvalue weighted by Crippen LogP contribution is 2.24. The highest BCUT2D eigenvalue weighted by atomic mass is 16.5. The van der Waals surface area contributed by atoms with Crippen LogP contribution >= 0.6 is 0 Å². The lowest BCUT2D eigenvalue weighted by molar-refractivity contribution is -0.143. The van der Waals surface area contributed by atoms with Crippen LogP contribution in [0, 0.1) is 5.92 Å². The van der Waals surface area contributed by atoms with Gasteiger partial charge in [-0.25, -0.2) is 0 Å². The van der Waals surface area contributed by atoms with Crippen LogP contribution in [0.5, 0.6) is 0 Å². The largest absolute Gasteiger partial charge is 0.464 e. The lowest BCUT2D eigenvalue weighted by atomic mass is 10.1. The van der Waals surface area contributed by atoms with Crippen LogP contribution in [-0.2, 0) is 14.3 Å². The molecule has 0 radical (unpaired) electrons. The van der Waals surface area contributed by atoms with Crippen LogP contribution < -0.4 is 11.1 Å². The van der Waals surface area contributed by atoms with Gasteiger partial charge in [0.15, 0.2) is 0 Å². The SMILES string of the molecule is NC(=O)CNCC(=O)OCC1CCCC1. The zero-order chi connectivity index (χ0) is 11.1. The molecule has 0 heterocycles. The maximum atomic E-state index is 11.1. The first-order valence-corrected chi connectivity index (χ1v) is 5.33. The number of primary amides is 1. The summed E-state index contributed by atoms with van der Waals surface area (Å²) in [5.74, 6) is -0.258. The molecule has 1 saturated carbocycles. The van der Waals surface area contributed by atoms with E-state index < -0.39 is 5.91 Å². The van der Waals surface area contributed by atoms with Gasteiger partial charge >= 0.3 is 5.97 Å². The number of hydrogen-bond acceptors (Lipinski definition) is 4. The maximum absolute atomic E-state index is 11.1. The van der Waals surface area contributed by atoms with E-state index in [0.717, 1.165) is 12.8 Å². The monoisotopic (exact) mass is 214 g/mol. The second-order valence-electron chi connectivity index (χ2n) is 3.90. The second kappa shape index (κ2) is 6.40. The van der Waals surface area contributed by atoms with Crippen LogP contribution in [0.3, 0.4) is 0 Å². The zero-order valence-corrected chi connectivity index (χ0v) is 8.83. The van der Waals surface area contributed by atoms with Gasteiger partial charge in [-0.1, -0.05) is 12.8 Å². The molecule has 0 spiro atoms. The van der Waals surface area contributed by atoms with Gasteiger partial charge in [-0.3, -0.25) is 14.9 Å². The van der Waals surface area contributed by atoms with Gasteiger partial charge in [0.05, 0.1) is 19.7 Å². The first-order valence-electron chi connectivity index (χ1n) is 5.33. The van der Waals surface area contributed by atoms with Crippen LogP contribution in [0.25, 0.3) is 0 Å². The number of esters is 1. The van der Waals surface area contributed by atoms with Crippen molar-refractivity contribution in [2.75, 3.05) is 19.7 Å². The quantitative estimate of drug-likeness (QED) is 0.600. The number of ether oxygens (including phenoxy) is 1. The van der Waals surface area contributed by atoms with Gasteiger partial charge in [0, 0.05) is 0 Å².